The van der Waals surface area contributed by atoms with Crippen LogP contribution >= 0.6 is 11.3 Å². The molecule has 2 aromatic carbocycles. The number of rotatable bonds is 3. The molecule has 0 unspecified atom stereocenters. The summed E-state index contributed by atoms with van der Waals surface area (Å²) in [6.07, 6.45) is -4.70. The Kier molecular flexibility index (Phi) is 4.55. The smallest absolute Gasteiger partial charge is 0.416 e. The lowest BCUT2D eigenvalue weighted by Crippen LogP contribution is -2.14. The fourth-order valence-corrected chi connectivity index (χ4v) is 3.17. The van der Waals surface area contributed by atoms with E-state index >= 15 is 0 Å². The molecule has 1 amide bonds. The average Bonchev–Trinajstić information content (AvgIpc) is 3.01. The average molecular weight is 391 g/mol. The zero-order valence-electron chi connectivity index (χ0n) is 13.2. The molecule has 0 aliphatic heterocycles. The van der Waals surface area contributed by atoms with Crippen LogP contribution < -0.4 is 5.32 Å². The highest BCUT2D eigenvalue weighted by molar-refractivity contribution is 7.22. The Balaban J connectivity index is 1.92. The molecule has 0 saturated heterocycles. The molecule has 6 nitrogen and oxygen atoms in total. The zero-order valence-corrected chi connectivity index (χ0v) is 14.0. The van der Waals surface area contributed by atoms with Gasteiger partial charge >= 0.3 is 12.1 Å². The molecule has 136 valence electrons. The largest absolute Gasteiger partial charge is 0.478 e. The maximum atomic E-state index is 12.9. The summed E-state index contributed by atoms with van der Waals surface area (Å²) in [6, 6.07) is 8.12. The first kappa shape index (κ1) is 18.3. The number of aromatic nitrogens is 1. The maximum Gasteiger partial charge on any atom is 0.416 e. The van der Waals surface area contributed by atoms with Gasteiger partial charge in [0.25, 0.3) is 5.91 Å². The van der Waals surface area contributed by atoms with Gasteiger partial charge in [0.15, 0.2) is 5.13 Å². The van der Waals surface area contributed by atoms with Crippen LogP contribution in [0.1, 0.15) is 31.8 Å². The molecule has 0 spiro atoms. The van der Waals surface area contributed by atoms with E-state index in [9.17, 15) is 22.8 Å². The van der Waals surface area contributed by atoms with Crippen LogP contribution in [-0.4, -0.2) is 22.0 Å². The molecular weight excluding hydrogens is 383 g/mol. The number of carboxylic acids is 1. The summed E-state index contributed by atoms with van der Waals surface area (Å²) in [7, 11) is 0. The molecule has 0 saturated carbocycles. The topological polar surface area (TPSA) is 103 Å². The van der Waals surface area contributed by atoms with Gasteiger partial charge in [0.1, 0.15) is 0 Å². The van der Waals surface area contributed by atoms with Crippen LogP contribution in [0.4, 0.5) is 18.3 Å². The summed E-state index contributed by atoms with van der Waals surface area (Å²) in [5.74, 6) is -1.99. The summed E-state index contributed by atoms with van der Waals surface area (Å²) < 4.78 is 39.2. The number of benzene rings is 2. The van der Waals surface area contributed by atoms with Gasteiger partial charge in [0.05, 0.1) is 33.0 Å². The number of amides is 1. The van der Waals surface area contributed by atoms with Gasteiger partial charge in [0.2, 0.25) is 0 Å². The lowest BCUT2D eigenvalue weighted by atomic mass is 10.1. The second kappa shape index (κ2) is 6.69. The van der Waals surface area contributed by atoms with E-state index in [1.54, 1.807) is 6.07 Å². The quantitative estimate of drug-likeness (QED) is 0.699. The lowest BCUT2D eigenvalue weighted by molar-refractivity contribution is -0.137. The molecule has 0 fully saturated rings. The highest BCUT2D eigenvalue weighted by Crippen LogP contribution is 2.31. The van der Waals surface area contributed by atoms with Crippen molar-refractivity contribution in [3.8, 4) is 6.07 Å². The molecule has 0 aliphatic carbocycles. The van der Waals surface area contributed by atoms with Crippen LogP contribution in [0.5, 0.6) is 0 Å². The first-order valence-corrected chi connectivity index (χ1v) is 8.06. The van der Waals surface area contributed by atoms with Crippen LogP contribution in [-0.2, 0) is 6.18 Å². The Bertz CT molecular complexity index is 1120. The Morgan fingerprint density at radius 3 is 2.52 bits per heavy atom. The van der Waals surface area contributed by atoms with Crippen molar-refractivity contribution in [2.45, 2.75) is 6.18 Å². The van der Waals surface area contributed by atoms with Gasteiger partial charge in [-0.15, -0.1) is 0 Å². The molecule has 0 atom stereocenters. The van der Waals surface area contributed by atoms with E-state index in [1.807, 2.05) is 0 Å². The SMILES string of the molecule is N#Cc1cc(C(=O)Nc2nc3ccc(C(=O)O)cc3s2)cc(C(F)(F)F)c1. The third-order valence-electron chi connectivity index (χ3n) is 3.51. The third kappa shape index (κ3) is 3.88. The number of carbonyl (C=O) groups is 2. The van der Waals surface area contributed by atoms with Gasteiger partial charge in [-0.3, -0.25) is 10.1 Å². The third-order valence-corrected chi connectivity index (χ3v) is 4.44. The highest BCUT2D eigenvalue weighted by Gasteiger charge is 2.32. The molecular formula is C17H8F3N3O3S. The summed E-state index contributed by atoms with van der Waals surface area (Å²) in [5, 5.41) is 20.3. The lowest BCUT2D eigenvalue weighted by Gasteiger charge is -2.09. The first-order valence-electron chi connectivity index (χ1n) is 7.25. The minimum Gasteiger partial charge on any atom is -0.478 e. The summed E-state index contributed by atoms with van der Waals surface area (Å²) in [4.78, 5) is 27.4. The number of aromatic carboxylic acids is 1. The standard InChI is InChI=1S/C17H8F3N3O3S/c18-17(19,20)11-4-8(7-21)3-10(5-11)14(24)23-16-22-12-2-1-9(15(25)26)6-13(12)27-16/h1-6H,(H,25,26)(H,22,23,24). The number of alkyl halides is 3. The van der Waals surface area contributed by atoms with E-state index in [0.717, 1.165) is 17.4 Å². The molecule has 3 aromatic rings. The van der Waals surface area contributed by atoms with Crippen LogP contribution in [0.3, 0.4) is 0 Å². The Morgan fingerprint density at radius 2 is 1.89 bits per heavy atom. The van der Waals surface area contributed by atoms with Gasteiger partial charge in [-0.05, 0) is 36.4 Å². The molecule has 0 aliphatic rings. The van der Waals surface area contributed by atoms with E-state index in [0.29, 0.717) is 22.3 Å². The Labute approximate surface area is 153 Å². The van der Waals surface area contributed by atoms with E-state index in [4.69, 9.17) is 10.4 Å². The number of hydrogen-bond acceptors (Lipinski definition) is 5. The summed E-state index contributed by atoms with van der Waals surface area (Å²) >= 11 is 0.978. The normalized spacial score (nSPS) is 11.2. The number of nitriles is 1. The minimum atomic E-state index is -4.70. The van der Waals surface area contributed by atoms with Crippen LogP contribution in [0.2, 0.25) is 0 Å². The van der Waals surface area contributed by atoms with Crippen molar-refractivity contribution < 1.29 is 27.9 Å². The monoisotopic (exact) mass is 391 g/mol. The van der Waals surface area contributed by atoms with E-state index < -0.39 is 23.6 Å². The summed E-state index contributed by atoms with van der Waals surface area (Å²) in [6.45, 7) is 0. The number of nitrogens with zero attached hydrogens (tertiary/aromatic N) is 2. The van der Waals surface area contributed by atoms with Gasteiger partial charge in [-0.2, -0.15) is 18.4 Å². The number of carbonyl (C=O) groups excluding carboxylic acids is 1. The second-order valence-electron chi connectivity index (χ2n) is 5.37. The van der Waals surface area contributed by atoms with Crippen molar-refractivity contribution in [2.24, 2.45) is 0 Å². The zero-order chi connectivity index (χ0) is 19.8. The predicted molar refractivity (Wildman–Crippen MR) is 90.7 cm³/mol. The molecule has 1 heterocycles. The molecule has 0 bridgehead atoms. The van der Waals surface area contributed by atoms with E-state index in [-0.39, 0.29) is 21.8 Å². The van der Waals surface area contributed by atoms with E-state index in [2.05, 4.69) is 10.3 Å². The van der Waals surface area contributed by atoms with Crippen molar-refractivity contribution in [1.82, 2.24) is 4.98 Å². The van der Waals surface area contributed by atoms with Crippen LogP contribution in [0.15, 0.2) is 36.4 Å². The number of anilines is 1. The number of halogens is 3. The van der Waals surface area contributed by atoms with Gasteiger partial charge in [-0.1, -0.05) is 11.3 Å². The van der Waals surface area contributed by atoms with Crippen molar-refractivity contribution in [3.05, 3.63) is 58.7 Å². The van der Waals surface area contributed by atoms with Crippen molar-refractivity contribution in [1.29, 1.82) is 5.26 Å². The minimum absolute atomic E-state index is 0.0422. The maximum absolute atomic E-state index is 12.9. The van der Waals surface area contributed by atoms with Gasteiger partial charge in [-0.25, -0.2) is 9.78 Å². The summed E-state index contributed by atoms with van der Waals surface area (Å²) in [5.41, 5.74) is -1.28. The van der Waals surface area contributed by atoms with Gasteiger partial charge < -0.3 is 5.11 Å². The van der Waals surface area contributed by atoms with E-state index in [1.165, 1.54) is 18.2 Å². The Hall–Kier alpha value is -3.45. The fraction of sp³-hybridized carbons (Fsp3) is 0.0588. The number of fused-ring (bicyclic) bond motifs is 1. The number of carboxylic acid groups (broad SMARTS) is 1. The first-order chi connectivity index (χ1) is 12.7. The Morgan fingerprint density at radius 1 is 1.15 bits per heavy atom. The molecule has 0 radical (unpaired) electrons. The van der Waals surface area contributed by atoms with Crippen molar-refractivity contribution in [2.75, 3.05) is 5.32 Å². The predicted octanol–water partition coefficient (Wildman–Crippen LogP) is 4.14. The number of thiazole rings is 1. The number of nitrogens with one attached hydrogen (secondary N) is 1. The van der Waals surface area contributed by atoms with Crippen molar-refractivity contribution in [3.63, 3.8) is 0 Å². The fourth-order valence-electron chi connectivity index (χ4n) is 2.27. The second-order valence-corrected chi connectivity index (χ2v) is 6.40. The molecule has 1 aromatic heterocycles. The molecule has 10 heteroatoms. The highest BCUT2D eigenvalue weighted by atomic mass is 32.1. The van der Waals surface area contributed by atoms with Crippen LogP contribution in [0.25, 0.3) is 10.2 Å². The number of hydrogen-bond donors (Lipinski definition) is 2. The van der Waals surface area contributed by atoms with Crippen molar-refractivity contribution >= 4 is 38.6 Å². The molecule has 3 rings (SSSR count). The van der Waals surface area contributed by atoms with Crippen LogP contribution in [0, 0.1) is 11.3 Å². The van der Waals surface area contributed by atoms with Gasteiger partial charge in [0, 0.05) is 5.56 Å². The molecule has 27 heavy (non-hydrogen) atoms. The molecule has 2 N–H and O–H groups in total.